The van der Waals surface area contributed by atoms with E-state index in [4.69, 9.17) is 24.0 Å². The average molecular weight is 723 g/mol. The lowest BCUT2D eigenvalue weighted by Gasteiger charge is -2.18. The molecule has 0 spiro atoms. The summed E-state index contributed by atoms with van der Waals surface area (Å²) >= 11 is 0. The Kier molecular flexibility index (Phi) is 27.8. The third-order valence-electron chi connectivity index (χ3n) is 8.14. The van der Waals surface area contributed by atoms with Gasteiger partial charge in [-0.05, 0) is 57.3 Å². The van der Waals surface area contributed by atoms with Gasteiger partial charge in [0.25, 0.3) is 0 Å². The number of carbonyl (C=O) groups excluding carboxylic acids is 2. The highest BCUT2D eigenvalue weighted by Crippen LogP contribution is 2.36. The molecule has 1 rings (SSSR count). The van der Waals surface area contributed by atoms with Crippen LogP contribution in [0.25, 0.3) is 0 Å². The topological polar surface area (TPSA) is 132 Å². The van der Waals surface area contributed by atoms with E-state index in [0.29, 0.717) is 25.0 Å². The number of allylic oxidation sites excluding steroid dienone is 8. The largest absolute Gasteiger partial charge is 0.469 e. The Labute approximate surface area is 302 Å². The first-order valence-electron chi connectivity index (χ1n) is 19.1. The van der Waals surface area contributed by atoms with E-state index in [1.54, 1.807) is 0 Å². The molecule has 9 nitrogen and oxygen atoms in total. The summed E-state index contributed by atoms with van der Waals surface area (Å²) in [5.74, 6) is -0.216. The Hall–Kier alpha value is -2.29. The first kappa shape index (κ1) is 45.7. The molecule has 0 bridgehead atoms. The molecule has 0 amide bonds. The molecule has 1 aliphatic rings. The summed E-state index contributed by atoms with van der Waals surface area (Å²) in [6.07, 6.45) is 38.6. The van der Waals surface area contributed by atoms with Crippen LogP contribution in [0.3, 0.4) is 0 Å². The Balaban J connectivity index is 2.14. The Morgan fingerprint density at radius 3 is 1.76 bits per heavy atom. The van der Waals surface area contributed by atoms with Crippen molar-refractivity contribution in [1.82, 2.24) is 0 Å². The molecular weight excluding hydrogens is 655 g/mol. The number of epoxide rings is 1. The molecule has 0 radical (unpaired) electrons. The molecule has 0 aromatic heterocycles. The van der Waals surface area contributed by atoms with Gasteiger partial charge in [-0.1, -0.05) is 139 Å². The number of rotatable bonds is 32. The van der Waals surface area contributed by atoms with Crippen LogP contribution in [0, 0.1) is 5.92 Å². The van der Waals surface area contributed by atoms with Gasteiger partial charge in [0.2, 0.25) is 0 Å². The molecule has 2 unspecified atom stereocenters. The minimum Gasteiger partial charge on any atom is -0.462 e. The van der Waals surface area contributed by atoms with Gasteiger partial charge in [0, 0.05) is 12.8 Å². The second-order valence-corrected chi connectivity index (χ2v) is 14.6. The second kappa shape index (κ2) is 30.3. The van der Waals surface area contributed by atoms with Crippen molar-refractivity contribution in [3.05, 3.63) is 60.8 Å². The molecule has 3 atom stereocenters. The average Bonchev–Trinajstić information content (AvgIpc) is 3.82. The third-order valence-corrected chi connectivity index (χ3v) is 8.63. The molecule has 2 N–H and O–H groups in total. The molecule has 10 heteroatoms. The highest BCUT2D eigenvalue weighted by Gasteiger charge is 2.35. The summed E-state index contributed by atoms with van der Waals surface area (Å²) in [5.41, 5.74) is 0. The first-order chi connectivity index (χ1) is 24.1. The number of carbonyl (C=O) groups is 2. The summed E-state index contributed by atoms with van der Waals surface area (Å²) in [5, 5.41) is 0. The number of hydrogen-bond donors (Lipinski definition) is 2. The summed E-state index contributed by atoms with van der Waals surface area (Å²) in [6.45, 7) is 5.77. The summed E-state index contributed by atoms with van der Waals surface area (Å²) in [6, 6.07) is 0. The molecule has 1 saturated heterocycles. The van der Waals surface area contributed by atoms with E-state index in [1.807, 2.05) is 12.2 Å². The molecule has 0 aliphatic carbocycles. The van der Waals surface area contributed by atoms with Crippen LogP contribution in [0.2, 0.25) is 0 Å². The van der Waals surface area contributed by atoms with Crippen LogP contribution in [0.5, 0.6) is 0 Å². The predicted molar refractivity (Wildman–Crippen MR) is 201 cm³/mol. The van der Waals surface area contributed by atoms with Crippen LogP contribution in [0.15, 0.2) is 60.8 Å². The molecule has 0 saturated carbocycles. The van der Waals surface area contributed by atoms with Crippen molar-refractivity contribution in [1.29, 1.82) is 0 Å². The van der Waals surface area contributed by atoms with E-state index in [-0.39, 0.29) is 19.4 Å². The molecule has 1 aliphatic heterocycles. The van der Waals surface area contributed by atoms with Gasteiger partial charge in [-0.15, -0.1) is 0 Å². The van der Waals surface area contributed by atoms with Crippen molar-refractivity contribution in [3.8, 4) is 0 Å². The summed E-state index contributed by atoms with van der Waals surface area (Å²) in [7, 11) is -4.77. The monoisotopic (exact) mass is 722 g/mol. The first-order valence-corrected chi connectivity index (χ1v) is 20.6. The lowest BCUT2D eigenvalue weighted by atomic mass is 10.0. The van der Waals surface area contributed by atoms with Gasteiger partial charge >= 0.3 is 19.8 Å². The van der Waals surface area contributed by atoms with E-state index in [2.05, 4.69) is 73.9 Å². The maximum absolute atomic E-state index is 12.3. The lowest BCUT2D eigenvalue weighted by Crippen LogP contribution is -2.29. The molecule has 0 aromatic carbocycles. The van der Waals surface area contributed by atoms with Crippen molar-refractivity contribution >= 4 is 19.8 Å². The van der Waals surface area contributed by atoms with Crippen molar-refractivity contribution in [2.75, 3.05) is 13.2 Å². The minimum atomic E-state index is -4.77. The van der Waals surface area contributed by atoms with E-state index < -0.39 is 32.5 Å². The van der Waals surface area contributed by atoms with Gasteiger partial charge in [0.15, 0.2) is 6.10 Å². The quantitative estimate of drug-likeness (QED) is 0.0229. The van der Waals surface area contributed by atoms with Crippen LogP contribution in [0.1, 0.15) is 143 Å². The van der Waals surface area contributed by atoms with Gasteiger partial charge in [0.05, 0.1) is 18.8 Å². The molecule has 50 heavy (non-hydrogen) atoms. The highest BCUT2D eigenvalue weighted by molar-refractivity contribution is 7.46. The maximum Gasteiger partial charge on any atom is 0.469 e. The van der Waals surface area contributed by atoms with E-state index in [9.17, 15) is 14.2 Å². The van der Waals surface area contributed by atoms with Crippen LogP contribution < -0.4 is 0 Å². The zero-order chi connectivity index (χ0) is 36.7. The highest BCUT2D eigenvalue weighted by atomic mass is 31.2. The van der Waals surface area contributed by atoms with Gasteiger partial charge in [-0.2, -0.15) is 0 Å². The van der Waals surface area contributed by atoms with Crippen LogP contribution in [-0.2, 0) is 32.9 Å². The fourth-order valence-corrected chi connectivity index (χ4v) is 5.57. The minimum absolute atomic E-state index is 0.137. The zero-order valence-corrected chi connectivity index (χ0v) is 32.0. The number of unbranched alkanes of at least 4 members (excludes halogenated alkanes) is 8. The van der Waals surface area contributed by atoms with Crippen molar-refractivity contribution < 1.29 is 42.7 Å². The molecule has 1 fully saturated rings. The summed E-state index contributed by atoms with van der Waals surface area (Å²) in [4.78, 5) is 42.7. The van der Waals surface area contributed by atoms with E-state index in [0.717, 1.165) is 63.7 Å². The standard InChI is InChI=1S/C40H67O9P/c1-4-5-23-29-37-38(49-37)30-25-20-16-12-8-6-7-9-13-17-21-26-31-39(41)46-33-36(34-47-50(43,44)45)48-40(42)32-27-22-18-14-10-11-15-19-24-28-35(2)3/h5,7-9,12,17,20-21,23,25,35-38H,4,6,10-11,13-16,18-19,22,24,26-34H2,1-3H3,(H2,43,44,45)/b9-7-,12-8-,21-17-,23-5-,25-20-/t36-,37?,38?/m1/s1. The lowest BCUT2D eigenvalue weighted by molar-refractivity contribution is -0.161. The Morgan fingerprint density at radius 2 is 1.20 bits per heavy atom. The Bertz CT molecular complexity index is 1070. The molecule has 0 aromatic rings. The molecular formula is C40H67O9P. The normalized spacial score (nSPS) is 17.3. The fourth-order valence-electron chi connectivity index (χ4n) is 5.21. The Morgan fingerprint density at radius 1 is 0.680 bits per heavy atom. The number of phosphoric ester groups is 1. The number of esters is 2. The van der Waals surface area contributed by atoms with E-state index in [1.165, 1.54) is 38.5 Å². The second-order valence-electron chi connectivity index (χ2n) is 13.4. The van der Waals surface area contributed by atoms with Gasteiger partial charge in [0.1, 0.15) is 6.61 Å². The van der Waals surface area contributed by atoms with Crippen LogP contribution >= 0.6 is 7.82 Å². The number of phosphoric acid groups is 1. The van der Waals surface area contributed by atoms with Crippen molar-refractivity contribution in [2.24, 2.45) is 5.92 Å². The fraction of sp³-hybridized carbons (Fsp3) is 0.700. The van der Waals surface area contributed by atoms with Crippen LogP contribution in [0.4, 0.5) is 0 Å². The maximum atomic E-state index is 12.3. The third kappa shape index (κ3) is 30.5. The van der Waals surface area contributed by atoms with Gasteiger partial charge in [-0.25, -0.2) is 4.57 Å². The predicted octanol–water partition coefficient (Wildman–Crippen LogP) is 10.2. The van der Waals surface area contributed by atoms with Gasteiger partial charge < -0.3 is 24.0 Å². The SMILES string of the molecule is CC/C=C\CC1OC1C/C=C\C/C=C\C/C=C\C/C=C\CCC(=O)OC[C@H](COP(=O)(O)O)OC(=O)CCCCCCCCCCCC(C)C. The van der Waals surface area contributed by atoms with Crippen molar-refractivity contribution in [3.63, 3.8) is 0 Å². The van der Waals surface area contributed by atoms with Gasteiger partial charge in [-0.3, -0.25) is 14.1 Å². The summed E-state index contributed by atoms with van der Waals surface area (Å²) < 4.78 is 31.9. The zero-order valence-electron chi connectivity index (χ0n) is 31.1. The smallest absolute Gasteiger partial charge is 0.462 e. The van der Waals surface area contributed by atoms with E-state index >= 15 is 0 Å². The van der Waals surface area contributed by atoms with Crippen molar-refractivity contribution in [2.45, 2.75) is 161 Å². The molecule has 286 valence electrons. The number of ether oxygens (including phenoxy) is 3. The molecule has 1 heterocycles. The number of hydrogen-bond acceptors (Lipinski definition) is 7. The van der Waals surface area contributed by atoms with Crippen LogP contribution in [-0.4, -0.2) is 53.3 Å².